The number of carbonyl (C=O) groups excluding carboxylic acids is 1. The van der Waals surface area contributed by atoms with Crippen LogP contribution in [0.1, 0.15) is 20.7 Å². The first-order chi connectivity index (χ1) is 8.99. The molecule has 0 bridgehead atoms. The van der Waals surface area contributed by atoms with Gasteiger partial charge in [0.2, 0.25) is 0 Å². The van der Waals surface area contributed by atoms with E-state index >= 15 is 0 Å². The van der Waals surface area contributed by atoms with Crippen molar-refractivity contribution in [3.63, 3.8) is 0 Å². The van der Waals surface area contributed by atoms with Gasteiger partial charge in [0.25, 0.3) is 5.91 Å². The van der Waals surface area contributed by atoms with Crippen LogP contribution >= 0.6 is 27.5 Å². The average Bonchev–Trinajstić information content (AvgIpc) is 2.77. The molecule has 0 aliphatic rings. The van der Waals surface area contributed by atoms with Crippen LogP contribution in [0, 0.1) is 0 Å². The van der Waals surface area contributed by atoms with Crippen molar-refractivity contribution in [2.24, 2.45) is 0 Å². The Kier molecular flexibility index (Phi) is 3.92. The summed E-state index contributed by atoms with van der Waals surface area (Å²) in [5.41, 5.74) is 0.349. The Labute approximate surface area is 121 Å². The van der Waals surface area contributed by atoms with Crippen molar-refractivity contribution >= 4 is 45.1 Å². The monoisotopic (exact) mass is 343 g/mol. The molecule has 19 heavy (non-hydrogen) atoms. The number of hydrogen-bond acceptors (Lipinski definition) is 3. The molecule has 0 saturated carbocycles. The SMILES string of the molecule is O=C(O)c1cc(Cl)ccc1NC(=O)c1ccoc1Br. The summed E-state index contributed by atoms with van der Waals surface area (Å²) in [6.45, 7) is 0. The number of rotatable bonds is 3. The van der Waals surface area contributed by atoms with Gasteiger partial charge in [0, 0.05) is 5.02 Å². The van der Waals surface area contributed by atoms with Crippen molar-refractivity contribution in [2.45, 2.75) is 0 Å². The Morgan fingerprint density at radius 2 is 2.00 bits per heavy atom. The number of amides is 1. The average molecular weight is 345 g/mol. The predicted octanol–water partition coefficient (Wildman–Crippen LogP) is 3.65. The summed E-state index contributed by atoms with van der Waals surface area (Å²) in [5, 5.41) is 11.8. The second kappa shape index (κ2) is 5.46. The lowest BCUT2D eigenvalue weighted by Gasteiger charge is -2.08. The van der Waals surface area contributed by atoms with Gasteiger partial charge in [0.1, 0.15) is 0 Å². The van der Waals surface area contributed by atoms with Crippen molar-refractivity contribution in [2.75, 3.05) is 5.32 Å². The van der Waals surface area contributed by atoms with Gasteiger partial charge in [-0.3, -0.25) is 4.79 Å². The third-order valence-electron chi connectivity index (χ3n) is 2.32. The van der Waals surface area contributed by atoms with Crippen molar-refractivity contribution in [3.8, 4) is 0 Å². The smallest absolute Gasteiger partial charge is 0.337 e. The summed E-state index contributed by atoms with van der Waals surface area (Å²) >= 11 is 8.80. The van der Waals surface area contributed by atoms with E-state index in [0.29, 0.717) is 0 Å². The highest BCUT2D eigenvalue weighted by Gasteiger charge is 2.17. The zero-order valence-corrected chi connectivity index (χ0v) is 11.7. The molecular formula is C12H7BrClNO4. The van der Waals surface area contributed by atoms with Crippen LogP contribution in [0.2, 0.25) is 5.02 Å². The molecule has 0 aliphatic carbocycles. The number of benzene rings is 1. The maximum absolute atomic E-state index is 11.9. The highest BCUT2D eigenvalue weighted by molar-refractivity contribution is 9.10. The zero-order valence-electron chi connectivity index (χ0n) is 9.31. The topological polar surface area (TPSA) is 79.5 Å². The minimum Gasteiger partial charge on any atom is -0.478 e. The molecule has 0 fully saturated rings. The Morgan fingerprint density at radius 1 is 1.26 bits per heavy atom. The van der Waals surface area contributed by atoms with E-state index in [0.717, 1.165) is 0 Å². The number of carboxylic acid groups (broad SMARTS) is 1. The van der Waals surface area contributed by atoms with Crippen molar-refractivity contribution in [1.82, 2.24) is 0 Å². The first-order valence-corrected chi connectivity index (χ1v) is 6.23. The van der Waals surface area contributed by atoms with Gasteiger partial charge in [-0.05, 0) is 40.2 Å². The minimum absolute atomic E-state index is 0.0829. The molecule has 1 aromatic heterocycles. The first kappa shape index (κ1) is 13.6. The molecule has 98 valence electrons. The lowest BCUT2D eigenvalue weighted by Crippen LogP contribution is -2.14. The van der Waals surface area contributed by atoms with Gasteiger partial charge in [-0.2, -0.15) is 0 Å². The summed E-state index contributed by atoms with van der Waals surface area (Å²) < 4.78 is 5.21. The molecule has 2 rings (SSSR count). The second-order valence-corrected chi connectivity index (χ2v) is 4.71. The standard InChI is InChI=1S/C12H7BrClNO4/c13-10-7(3-4-19-10)11(16)15-9-2-1-6(14)5-8(9)12(17)18/h1-5H,(H,15,16)(H,17,18). The third-order valence-corrected chi connectivity index (χ3v) is 3.17. The quantitative estimate of drug-likeness (QED) is 0.891. The van der Waals surface area contributed by atoms with Crippen molar-refractivity contribution in [1.29, 1.82) is 0 Å². The number of halogens is 2. The number of carbonyl (C=O) groups is 2. The number of aromatic carboxylic acids is 1. The summed E-state index contributed by atoms with van der Waals surface area (Å²) in [6, 6.07) is 5.66. The fraction of sp³-hybridized carbons (Fsp3) is 0. The molecular weight excluding hydrogens is 337 g/mol. The molecule has 1 heterocycles. The largest absolute Gasteiger partial charge is 0.478 e. The Bertz CT molecular complexity index is 653. The van der Waals surface area contributed by atoms with Gasteiger partial charge in [0.15, 0.2) is 4.67 Å². The molecule has 0 aliphatic heterocycles. The normalized spacial score (nSPS) is 10.2. The van der Waals surface area contributed by atoms with Crippen LogP contribution in [0.25, 0.3) is 0 Å². The minimum atomic E-state index is -1.18. The van der Waals surface area contributed by atoms with E-state index in [2.05, 4.69) is 21.2 Å². The highest BCUT2D eigenvalue weighted by Crippen LogP contribution is 2.23. The van der Waals surface area contributed by atoms with E-state index in [9.17, 15) is 9.59 Å². The molecule has 7 heteroatoms. The lowest BCUT2D eigenvalue weighted by atomic mass is 10.1. The molecule has 2 N–H and O–H groups in total. The van der Waals surface area contributed by atoms with E-state index < -0.39 is 11.9 Å². The molecule has 5 nitrogen and oxygen atoms in total. The molecule has 0 atom stereocenters. The fourth-order valence-corrected chi connectivity index (χ4v) is 2.04. The second-order valence-electron chi connectivity index (χ2n) is 3.56. The van der Waals surface area contributed by atoms with Crippen LogP contribution in [0.4, 0.5) is 5.69 Å². The van der Waals surface area contributed by atoms with Crippen LogP contribution in [0.5, 0.6) is 0 Å². The van der Waals surface area contributed by atoms with E-state index in [1.165, 1.54) is 30.5 Å². The number of carboxylic acids is 1. The molecule has 0 unspecified atom stereocenters. The maximum atomic E-state index is 11.9. The Balaban J connectivity index is 2.32. The summed E-state index contributed by atoms with van der Waals surface area (Å²) in [6.07, 6.45) is 1.35. The predicted molar refractivity (Wildman–Crippen MR) is 72.8 cm³/mol. The molecule has 2 aromatic rings. The summed E-state index contributed by atoms with van der Waals surface area (Å²) in [5.74, 6) is -1.66. The van der Waals surface area contributed by atoms with E-state index in [-0.39, 0.29) is 26.5 Å². The summed E-state index contributed by atoms with van der Waals surface area (Å²) in [4.78, 5) is 23.0. The zero-order chi connectivity index (χ0) is 14.0. The number of hydrogen-bond donors (Lipinski definition) is 2. The molecule has 1 aromatic carbocycles. The van der Waals surface area contributed by atoms with Gasteiger partial charge in [-0.25, -0.2) is 4.79 Å². The summed E-state index contributed by atoms with van der Waals surface area (Å²) in [7, 11) is 0. The Hall–Kier alpha value is -1.79. The molecule has 0 saturated heterocycles. The van der Waals surface area contributed by atoms with Crippen molar-refractivity contribution in [3.05, 3.63) is 51.3 Å². The number of nitrogens with one attached hydrogen (secondary N) is 1. The molecule has 0 radical (unpaired) electrons. The van der Waals surface area contributed by atoms with Crippen LogP contribution < -0.4 is 5.32 Å². The fourth-order valence-electron chi connectivity index (χ4n) is 1.45. The number of anilines is 1. The van der Waals surface area contributed by atoms with Crippen LogP contribution in [-0.2, 0) is 0 Å². The van der Waals surface area contributed by atoms with Gasteiger partial charge in [0.05, 0.1) is 23.1 Å². The van der Waals surface area contributed by atoms with E-state index in [1.54, 1.807) is 0 Å². The van der Waals surface area contributed by atoms with E-state index in [4.69, 9.17) is 21.1 Å². The van der Waals surface area contributed by atoms with Gasteiger partial charge in [-0.15, -0.1) is 0 Å². The van der Waals surface area contributed by atoms with Crippen molar-refractivity contribution < 1.29 is 19.1 Å². The third kappa shape index (κ3) is 2.97. The van der Waals surface area contributed by atoms with Gasteiger partial charge < -0.3 is 14.8 Å². The first-order valence-electron chi connectivity index (χ1n) is 5.06. The lowest BCUT2D eigenvalue weighted by molar-refractivity contribution is 0.0698. The molecule has 0 spiro atoms. The van der Waals surface area contributed by atoms with Crippen LogP contribution in [0.3, 0.4) is 0 Å². The Morgan fingerprint density at radius 3 is 2.58 bits per heavy atom. The number of furan rings is 1. The van der Waals surface area contributed by atoms with E-state index in [1.807, 2.05) is 0 Å². The van der Waals surface area contributed by atoms with Crippen LogP contribution in [0.15, 0.2) is 39.6 Å². The maximum Gasteiger partial charge on any atom is 0.337 e. The highest BCUT2D eigenvalue weighted by atomic mass is 79.9. The van der Waals surface area contributed by atoms with Gasteiger partial charge in [-0.1, -0.05) is 11.6 Å². The molecule has 1 amide bonds. The van der Waals surface area contributed by atoms with Crippen LogP contribution in [-0.4, -0.2) is 17.0 Å². The van der Waals surface area contributed by atoms with Gasteiger partial charge >= 0.3 is 5.97 Å².